The minimum Gasteiger partial charge on any atom is -0.352 e. The summed E-state index contributed by atoms with van der Waals surface area (Å²) in [6.07, 6.45) is 6.73. The van der Waals surface area contributed by atoms with E-state index in [9.17, 15) is 13.2 Å². The summed E-state index contributed by atoms with van der Waals surface area (Å²) < 4.78 is 27.4. The number of carbonyl (C=O) groups excluding carboxylic acids is 1. The van der Waals surface area contributed by atoms with Crippen LogP contribution in [0.25, 0.3) is 0 Å². The molecule has 0 spiro atoms. The SMILES string of the molecule is CC(CNC(=O)c1ccc(S(=O)(=O)N2CCCCC2C)cc1)CN1CCCCC1. The molecule has 1 amide bonds. The van der Waals surface area contributed by atoms with Gasteiger partial charge in [-0.05, 0) is 75.9 Å². The van der Waals surface area contributed by atoms with Crippen molar-refractivity contribution in [1.82, 2.24) is 14.5 Å². The molecule has 1 aromatic rings. The van der Waals surface area contributed by atoms with Gasteiger partial charge in [0.05, 0.1) is 4.90 Å². The Balaban J connectivity index is 1.54. The highest BCUT2D eigenvalue weighted by Crippen LogP contribution is 2.25. The first-order valence-electron chi connectivity index (χ1n) is 11.0. The largest absolute Gasteiger partial charge is 0.352 e. The van der Waals surface area contributed by atoms with Gasteiger partial charge in [0.2, 0.25) is 10.0 Å². The predicted octanol–water partition coefficient (Wildman–Crippen LogP) is 3.10. The van der Waals surface area contributed by atoms with E-state index < -0.39 is 10.0 Å². The first kappa shape index (κ1) is 22.2. The average Bonchev–Trinajstić information content (AvgIpc) is 2.73. The molecule has 2 heterocycles. The molecule has 7 heteroatoms. The van der Waals surface area contributed by atoms with Crippen LogP contribution in [-0.2, 0) is 10.0 Å². The second kappa shape index (κ2) is 10.0. The Morgan fingerprint density at radius 1 is 1.07 bits per heavy atom. The lowest BCUT2D eigenvalue weighted by molar-refractivity contribution is 0.0942. The van der Waals surface area contributed by atoms with Gasteiger partial charge in [-0.2, -0.15) is 4.31 Å². The maximum Gasteiger partial charge on any atom is 0.251 e. The minimum absolute atomic E-state index is 0.0260. The van der Waals surface area contributed by atoms with Crippen LogP contribution in [0.5, 0.6) is 0 Å². The third-order valence-electron chi connectivity index (χ3n) is 6.09. The van der Waals surface area contributed by atoms with Crippen molar-refractivity contribution in [2.45, 2.75) is 63.3 Å². The summed E-state index contributed by atoms with van der Waals surface area (Å²) in [7, 11) is -3.50. The topological polar surface area (TPSA) is 69.7 Å². The van der Waals surface area contributed by atoms with Gasteiger partial charge in [-0.25, -0.2) is 8.42 Å². The van der Waals surface area contributed by atoms with E-state index in [4.69, 9.17) is 0 Å². The summed E-state index contributed by atoms with van der Waals surface area (Å²) in [5, 5.41) is 2.99. The molecule has 2 unspecified atom stereocenters. The van der Waals surface area contributed by atoms with Crippen molar-refractivity contribution in [3.05, 3.63) is 29.8 Å². The Morgan fingerprint density at radius 2 is 1.72 bits per heavy atom. The predicted molar refractivity (Wildman–Crippen MR) is 115 cm³/mol. The highest BCUT2D eigenvalue weighted by Gasteiger charge is 2.30. The molecule has 0 aromatic heterocycles. The molecular weight excluding hydrogens is 386 g/mol. The van der Waals surface area contributed by atoms with Crippen molar-refractivity contribution in [1.29, 1.82) is 0 Å². The maximum absolute atomic E-state index is 12.9. The lowest BCUT2D eigenvalue weighted by Crippen LogP contribution is -2.41. The Hall–Kier alpha value is -1.44. The summed E-state index contributed by atoms with van der Waals surface area (Å²) in [5.41, 5.74) is 0.501. The van der Waals surface area contributed by atoms with Crippen LogP contribution in [0.4, 0.5) is 0 Å². The van der Waals surface area contributed by atoms with Gasteiger partial charge in [-0.3, -0.25) is 4.79 Å². The Bertz CT molecular complexity index is 773. The van der Waals surface area contributed by atoms with Gasteiger partial charge in [0.1, 0.15) is 0 Å². The zero-order valence-corrected chi connectivity index (χ0v) is 18.6. The monoisotopic (exact) mass is 421 g/mol. The fraction of sp³-hybridized carbons (Fsp3) is 0.682. The van der Waals surface area contributed by atoms with E-state index >= 15 is 0 Å². The van der Waals surface area contributed by atoms with Crippen molar-refractivity contribution < 1.29 is 13.2 Å². The highest BCUT2D eigenvalue weighted by atomic mass is 32.2. The Kier molecular flexibility index (Phi) is 7.71. The van der Waals surface area contributed by atoms with Crippen molar-refractivity contribution in [2.75, 3.05) is 32.7 Å². The second-order valence-electron chi connectivity index (χ2n) is 8.66. The van der Waals surface area contributed by atoms with Crippen LogP contribution < -0.4 is 5.32 Å². The van der Waals surface area contributed by atoms with E-state index in [1.807, 2.05) is 6.92 Å². The molecule has 29 heavy (non-hydrogen) atoms. The molecule has 2 fully saturated rings. The number of hydrogen-bond acceptors (Lipinski definition) is 4. The molecule has 1 aromatic carbocycles. The molecule has 2 aliphatic heterocycles. The minimum atomic E-state index is -3.50. The van der Waals surface area contributed by atoms with E-state index in [2.05, 4.69) is 17.1 Å². The van der Waals surface area contributed by atoms with Crippen LogP contribution in [0.1, 0.15) is 62.7 Å². The summed E-state index contributed by atoms with van der Waals surface area (Å²) in [6, 6.07) is 6.38. The van der Waals surface area contributed by atoms with Crippen LogP contribution >= 0.6 is 0 Å². The highest BCUT2D eigenvalue weighted by molar-refractivity contribution is 7.89. The number of likely N-dealkylation sites (tertiary alicyclic amines) is 1. The summed E-state index contributed by atoms with van der Waals surface area (Å²) in [4.78, 5) is 15.2. The van der Waals surface area contributed by atoms with Gasteiger partial charge in [0, 0.05) is 31.2 Å². The molecule has 1 N–H and O–H groups in total. The number of amides is 1. The van der Waals surface area contributed by atoms with Crippen LogP contribution in [0.2, 0.25) is 0 Å². The fourth-order valence-electron chi connectivity index (χ4n) is 4.36. The van der Waals surface area contributed by atoms with Crippen LogP contribution in [0.15, 0.2) is 29.2 Å². The molecule has 3 rings (SSSR count). The zero-order valence-electron chi connectivity index (χ0n) is 17.8. The third kappa shape index (κ3) is 5.80. The van der Waals surface area contributed by atoms with Crippen molar-refractivity contribution >= 4 is 15.9 Å². The molecule has 2 aliphatic rings. The first-order valence-corrected chi connectivity index (χ1v) is 12.4. The first-order chi connectivity index (χ1) is 13.9. The summed E-state index contributed by atoms with van der Waals surface area (Å²) in [5.74, 6) is 0.239. The third-order valence-corrected chi connectivity index (χ3v) is 8.12. The molecule has 6 nitrogen and oxygen atoms in total. The quantitative estimate of drug-likeness (QED) is 0.734. The number of piperidine rings is 2. The molecule has 0 radical (unpaired) electrons. The average molecular weight is 422 g/mol. The van der Waals surface area contributed by atoms with Crippen molar-refractivity contribution in [3.63, 3.8) is 0 Å². The maximum atomic E-state index is 12.9. The second-order valence-corrected chi connectivity index (χ2v) is 10.6. The summed E-state index contributed by atoms with van der Waals surface area (Å²) in [6.45, 7) is 8.63. The number of benzene rings is 1. The fourth-order valence-corrected chi connectivity index (χ4v) is 6.06. The lowest BCUT2D eigenvalue weighted by Gasteiger charge is -2.32. The molecule has 2 saturated heterocycles. The van der Waals surface area contributed by atoms with Gasteiger partial charge in [-0.1, -0.05) is 19.8 Å². The summed E-state index contributed by atoms with van der Waals surface area (Å²) >= 11 is 0. The zero-order chi connectivity index (χ0) is 20.9. The smallest absolute Gasteiger partial charge is 0.251 e. The van der Waals surface area contributed by atoms with Gasteiger partial charge in [0.15, 0.2) is 0 Å². The van der Waals surface area contributed by atoms with E-state index in [-0.39, 0.29) is 16.8 Å². The van der Waals surface area contributed by atoms with Gasteiger partial charge >= 0.3 is 0 Å². The number of sulfonamides is 1. The number of rotatable bonds is 7. The molecule has 0 saturated carbocycles. The van der Waals surface area contributed by atoms with E-state index in [1.165, 1.54) is 19.3 Å². The molecule has 0 aliphatic carbocycles. The van der Waals surface area contributed by atoms with E-state index in [0.717, 1.165) is 38.9 Å². The molecule has 2 atom stereocenters. The van der Waals surface area contributed by atoms with Crippen molar-refractivity contribution in [2.24, 2.45) is 5.92 Å². The normalized spacial score (nSPS) is 22.9. The Labute approximate surface area is 175 Å². The molecule has 0 bridgehead atoms. The van der Waals surface area contributed by atoms with Gasteiger partial charge in [-0.15, -0.1) is 0 Å². The van der Waals surface area contributed by atoms with Crippen LogP contribution in [0.3, 0.4) is 0 Å². The van der Waals surface area contributed by atoms with Gasteiger partial charge in [0.25, 0.3) is 5.91 Å². The number of hydrogen-bond donors (Lipinski definition) is 1. The number of carbonyl (C=O) groups is 1. The number of nitrogens with one attached hydrogen (secondary N) is 1. The molecular formula is C22H35N3O3S. The van der Waals surface area contributed by atoms with Crippen LogP contribution in [0, 0.1) is 5.92 Å². The Morgan fingerprint density at radius 3 is 2.38 bits per heavy atom. The number of nitrogens with zero attached hydrogens (tertiary/aromatic N) is 2. The standard InChI is InChI=1S/C22H35N3O3S/c1-18(17-24-13-5-3-6-14-24)16-23-22(26)20-9-11-21(12-10-20)29(27,28)25-15-7-4-8-19(25)2/h9-12,18-19H,3-8,13-17H2,1-2H3,(H,23,26). The van der Waals surface area contributed by atoms with E-state index in [1.54, 1.807) is 28.6 Å². The van der Waals surface area contributed by atoms with Gasteiger partial charge < -0.3 is 10.2 Å². The lowest BCUT2D eigenvalue weighted by atomic mass is 10.1. The molecule has 162 valence electrons. The van der Waals surface area contributed by atoms with Crippen LogP contribution in [-0.4, -0.2) is 62.3 Å². The van der Waals surface area contributed by atoms with Crippen molar-refractivity contribution in [3.8, 4) is 0 Å². The van der Waals surface area contributed by atoms with E-state index in [0.29, 0.717) is 24.6 Å².